The van der Waals surface area contributed by atoms with Crippen LogP contribution in [0.5, 0.6) is 0 Å². The number of carbonyl (C=O) groups excluding carboxylic acids is 4. The van der Waals surface area contributed by atoms with Crippen LogP contribution in [0.2, 0.25) is 0 Å². The van der Waals surface area contributed by atoms with Crippen LogP contribution in [0, 0.1) is 17.8 Å². The van der Waals surface area contributed by atoms with E-state index in [1.807, 2.05) is 41.5 Å². The Bertz CT molecular complexity index is 1020. The van der Waals surface area contributed by atoms with Crippen LogP contribution in [0.4, 0.5) is 4.79 Å². The van der Waals surface area contributed by atoms with Crippen LogP contribution in [0.25, 0.3) is 0 Å². The molecule has 40 heavy (non-hydrogen) atoms. The number of hydrogen-bond acceptors (Lipinski definition) is 8. The number of hydrogen-bond donors (Lipinski definition) is 2. The molecule has 0 aromatic carbocycles. The Balaban J connectivity index is 3.19. The first-order valence-electron chi connectivity index (χ1n) is 14.0. The standard InChI is InChI=1S/C29H50N4O6S/c1-13-18(6)23(31-25(36)24(17(4)5)33(12)28(38)39-29(8,9)10)27(37)32(11)21(16(2)3)14-22(35)26-30-20(15-40-26)19(7)34/h15-18,21-24,35H,13-14H2,1-12H3,(H,31,36)/t18-,21+,22+,23-,24+/m0/s1. The van der Waals surface area contributed by atoms with E-state index in [4.69, 9.17) is 4.74 Å². The van der Waals surface area contributed by atoms with Crippen LogP contribution >= 0.6 is 11.3 Å². The van der Waals surface area contributed by atoms with Crippen molar-refractivity contribution in [3.63, 3.8) is 0 Å². The highest BCUT2D eigenvalue weighted by atomic mass is 32.1. The van der Waals surface area contributed by atoms with E-state index in [0.717, 1.165) is 0 Å². The van der Waals surface area contributed by atoms with E-state index >= 15 is 0 Å². The monoisotopic (exact) mass is 582 g/mol. The number of rotatable bonds is 13. The van der Waals surface area contributed by atoms with Gasteiger partial charge in [-0.05, 0) is 38.5 Å². The molecule has 0 spiro atoms. The number of ether oxygens (including phenoxy) is 1. The minimum absolute atomic E-state index is 0.00848. The molecule has 0 aliphatic carbocycles. The van der Waals surface area contributed by atoms with Gasteiger partial charge in [0, 0.05) is 38.9 Å². The van der Waals surface area contributed by atoms with Crippen LogP contribution < -0.4 is 5.32 Å². The van der Waals surface area contributed by atoms with Crippen LogP contribution in [-0.4, -0.2) is 81.4 Å². The van der Waals surface area contributed by atoms with Crippen molar-refractivity contribution in [2.75, 3.05) is 14.1 Å². The predicted octanol–water partition coefficient (Wildman–Crippen LogP) is 4.67. The van der Waals surface area contributed by atoms with Crippen LogP contribution in [0.1, 0.15) is 104 Å². The first kappa shape index (κ1) is 35.5. The molecule has 1 aromatic rings. The Labute approximate surface area is 243 Å². The van der Waals surface area contributed by atoms with Gasteiger partial charge < -0.3 is 20.1 Å². The lowest BCUT2D eigenvalue weighted by atomic mass is 9.92. The molecule has 5 atom stereocenters. The number of nitrogens with one attached hydrogen (secondary N) is 1. The lowest BCUT2D eigenvalue weighted by Crippen LogP contribution is -2.59. The highest BCUT2D eigenvalue weighted by molar-refractivity contribution is 7.09. The Morgan fingerprint density at radius 3 is 2.05 bits per heavy atom. The summed E-state index contributed by atoms with van der Waals surface area (Å²) in [6, 6.07) is -2.04. The van der Waals surface area contributed by atoms with Gasteiger partial charge in [0.2, 0.25) is 11.8 Å². The average molecular weight is 583 g/mol. The van der Waals surface area contributed by atoms with Gasteiger partial charge in [-0.15, -0.1) is 11.3 Å². The van der Waals surface area contributed by atoms with Crippen LogP contribution in [0.3, 0.4) is 0 Å². The summed E-state index contributed by atoms with van der Waals surface area (Å²) in [7, 11) is 3.20. The molecule has 0 unspecified atom stereocenters. The number of Topliss-reactive ketones (excluding diaryl/α,β-unsaturated/α-hetero) is 1. The molecule has 0 saturated carbocycles. The van der Waals surface area contributed by atoms with Gasteiger partial charge in [-0.2, -0.15) is 0 Å². The maximum Gasteiger partial charge on any atom is 0.410 e. The summed E-state index contributed by atoms with van der Waals surface area (Å²) >= 11 is 1.21. The number of aliphatic hydroxyl groups is 1. The summed E-state index contributed by atoms with van der Waals surface area (Å²) in [5, 5.41) is 15.9. The third kappa shape index (κ3) is 9.83. The fourth-order valence-corrected chi connectivity index (χ4v) is 5.34. The molecule has 3 amide bonds. The Morgan fingerprint density at radius 2 is 1.62 bits per heavy atom. The molecule has 1 rings (SSSR count). The smallest absolute Gasteiger partial charge is 0.410 e. The predicted molar refractivity (Wildman–Crippen MR) is 157 cm³/mol. The number of aromatic nitrogens is 1. The molecular weight excluding hydrogens is 532 g/mol. The van der Waals surface area contributed by atoms with Crippen molar-refractivity contribution in [3.8, 4) is 0 Å². The summed E-state index contributed by atoms with van der Waals surface area (Å²) < 4.78 is 5.47. The largest absolute Gasteiger partial charge is 0.444 e. The fourth-order valence-electron chi connectivity index (χ4n) is 4.49. The van der Waals surface area contributed by atoms with Gasteiger partial charge in [-0.1, -0.05) is 48.0 Å². The van der Waals surface area contributed by atoms with Crippen molar-refractivity contribution in [1.29, 1.82) is 0 Å². The van der Waals surface area contributed by atoms with E-state index in [0.29, 0.717) is 17.1 Å². The topological polar surface area (TPSA) is 129 Å². The van der Waals surface area contributed by atoms with E-state index < -0.39 is 35.8 Å². The molecular formula is C29H50N4O6S. The van der Waals surface area contributed by atoms with Gasteiger partial charge in [0.05, 0.1) is 0 Å². The Kier molecular flexibility index (Phi) is 13.2. The molecule has 2 N–H and O–H groups in total. The molecule has 0 aliphatic rings. The summed E-state index contributed by atoms with van der Waals surface area (Å²) in [5.74, 6) is -1.32. The number of likely N-dealkylation sites (N-methyl/N-ethyl adjacent to an activating group) is 2. The molecule has 1 aromatic heterocycles. The van der Waals surface area contributed by atoms with Crippen molar-refractivity contribution < 1.29 is 29.0 Å². The zero-order valence-corrected chi connectivity index (χ0v) is 27.1. The van der Waals surface area contributed by atoms with E-state index in [-0.39, 0.29) is 41.9 Å². The van der Waals surface area contributed by atoms with Crippen LogP contribution in [-0.2, 0) is 14.3 Å². The number of nitrogens with zero attached hydrogens (tertiary/aromatic N) is 3. The molecule has 0 fully saturated rings. The maximum atomic E-state index is 13.9. The first-order chi connectivity index (χ1) is 18.3. The molecule has 10 nitrogen and oxygen atoms in total. The maximum absolute atomic E-state index is 13.9. The lowest BCUT2D eigenvalue weighted by Gasteiger charge is -2.38. The number of amides is 3. The molecule has 0 aliphatic heterocycles. The van der Waals surface area contributed by atoms with E-state index in [1.165, 1.54) is 30.2 Å². The second-order valence-electron chi connectivity index (χ2n) is 12.3. The summed E-state index contributed by atoms with van der Waals surface area (Å²) in [4.78, 5) is 59.0. The van der Waals surface area contributed by atoms with Crippen molar-refractivity contribution in [3.05, 3.63) is 16.1 Å². The molecule has 0 saturated heterocycles. The molecule has 0 radical (unpaired) electrons. The second kappa shape index (κ2) is 14.9. The SMILES string of the molecule is CC[C@H](C)[C@H](NC(=O)[C@@H](C(C)C)N(C)C(=O)OC(C)(C)C)C(=O)N(C)[C@H](C[C@@H](O)c1nc(C(C)=O)cs1)C(C)C. The van der Waals surface area contributed by atoms with Crippen LogP contribution in [0.15, 0.2) is 5.38 Å². The highest BCUT2D eigenvalue weighted by Gasteiger charge is 2.38. The molecule has 228 valence electrons. The fraction of sp³-hybridized carbons (Fsp3) is 0.759. The van der Waals surface area contributed by atoms with Gasteiger partial charge >= 0.3 is 6.09 Å². The zero-order chi connectivity index (χ0) is 31.1. The summed E-state index contributed by atoms with van der Waals surface area (Å²) in [5.41, 5.74) is -0.413. The van der Waals surface area contributed by atoms with Gasteiger partial charge in [0.15, 0.2) is 5.78 Å². The minimum Gasteiger partial charge on any atom is -0.444 e. The van der Waals surface area contributed by atoms with Gasteiger partial charge in [0.25, 0.3) is 0 Å². The second-order valence-corrected chi connectivity index (χ2v) is 13.2. The number of ketones is 1. The van der Waals surface area contributed by atoms with Crippen molar-refractivity contribution in [2.24, 2.45) is 17.8 Å². The van der Waals surface area contributed by atoms with Gasteiger partial charge in [-0.25, -0.2) is 9.78 Å². The highest BCUT2D eigenvalue weighted by Crippen LogP contribution is 2.28. The summed E-state index contributed by atoms with van der Waals surface area (Å²) in [6.07, 6.45) is -0.707. The Hall–Kier alpha value is -2.53. The van der Waals surface area contributed by atoms with E-state index in [9.17, 15) is 24.3 Å². The number of thiazole rings is 1. The van der Waals surface area contributed by atoms with E-state index in [2.05, 4.69) is 10.3 Å². The van der Waals surface area contributed by atoms with Crippen molar-refractivity contribution >= 4 is 35.0 Å². The normalized spacial score (nSPS) is 15.7. The molecule has 1 heterocycles. The average Bonchev–Trinajstić information content (AvgIpc) is 3.34. The number of aliphatic hydroxyl groups excluding tert-OH is 1. The first-order valence-corrected chi connectivity index (χ1v) is 14.9. The number of carbonyl (C=O) groups is 4. The van der Waals surface area contributed by atoms with Crippen molar-refractivity contribution in [2.45, 2.75) is 112 Å². The Morgan fingerprint density at radius 1 is 1.05 bits per heavy atom. The zero-order valence-electron chi connectivity index (χ0n) is 26.3. The third-order valence-corrected chi connectivity index (χ3v) is 7.97. The lowest BCUT2D eigenvalue weighted by molar-refractivity contribution is -0.141. The third-order valence-electron chi connectivity index (χ3n) is 7.02. The summed E-state index contributed by atoms with van der Waals surface area (Å²) in [6.45, 7) is 18.1. The van der Waals surface area contributed by atoms with Crippen molar-refractivity contribution in [1.82, 2.24) is 20.1 Å². The molecule has 11 heteroatoms. The van der Waals surface area contributed by atoms with Gasteiger partial charge in [0.1, 0.15) is 34.5 Å². The van der Waals surface area contributed by atoms with E-state index in [1.54, 1.807) is 38.1 Å². The minimum atomic E-state index is -0.954. The quantitative estimate of drug-likeness (QED) is 0.323. The molecule has 0 bridgehead atoms. The van der Waals surface area contributed by atoms with Gasteiger partial charge in [-0.3, -0.25) is 19.3 Å².